The van der Waals surface area contributed by atoms with Crippen LogP contribution in [0.5, 0.6) is 0 Å². The molecule has 6 nitrogen and oxygen atoms in total. The van der Waals surface area contributed by atoms with Crippen LogP contribution in [0.2, 0.25) is 0 Å². The Bertz CT molecular complexity index is 802. The summed E-state index contributed by atoms with van der Waals surface area (Å²) in [6.07, 6.45) is 0.947. The standard InChI is InChI=1S/C19H27N5OS2.HI/c1-4-20-19(21-9-17-23-15(12-27-17)13(2)3)22-10-18(25)24-7-5-16-14(11-24)6-8-26-16;/h6,8,12-13H,4-5,7,9-11H2,1-3H3,(H2,20,21,22);1H. The zero-order valence-corrected chi connectivity index (χ0v) is 20.5. The number of amides is 1. The SMILES string of the molecule is CCNC(=NCC(=O)N1CCc2sccc2C1)NCc1nc(C(C)C)cs1.I. The molecule has 0 saturated heterocycles. The number of nitrogens with one attached hydrogen (secondary N) is 2. The summed E-state index contributed by atoms with van der Waals surface area (Å²) in [5.41, 5.74) is 2.39. The highest BCUT2D eigenvalue weighted by atomic mass is 127. The molecule has 0 saturated carbocycles. The van der Waals surface area contributed by atoms with Crippen LogP contribution in [0.25, 0.3) is 0 Å². The molecular weight excluding hydrogens is 505 g/mol. The zero-order chi connectivity index (χ0) is 19.2. The van der Waals surface area contributed by atoms with Gasteiger partial charge in [-0.3, -0.25) is 4.79 Å². The van der Waals surface area contributed by atoms with E-state index in [0.29, 0.717) is 25.0 Å². The third-order valence-corrected chi connectivity index (χ3v) is 6.34. The molecule has 1 aliphatic heterocycles. The van der Waals surface area contributed by atoms with E-state index in [9.17, 15) is 4.79 Å². The first kappa shape index (κ1) is 23.1. The number of rotatable bonds is 6. The number of thiazole rings is 1. The number of halogens is 1. The predicted octanol–water partition coefficient (Wildman–Crippen LogP) is 3.59. The van der Waals surface area contributed by atoms with Gasteiger partial charge in [-0.15, -0.1) is 46.7 Å². The number of guanidine groups is 1. The van der Waals surface area contributed by atoms with Gasteiger partial charge in [0, 0.05) is 29.9 Å². The summed E-state index contributed by atoms with van der Waals surface area (Å²) in [4.78, 5) is 25.0. The van der Waals surface area contributed by atoms with E-state index in [1.54, 1.807) is 22.7 Å². The molecule has 154 valence electrons. The molecule has 28 heavy (non-hydrogen) atoms. The molecule has 3 rings (SSSR count). The number of hydrogen-bond acceptors (Lipinski definition) is 5. The fraction of sp³-hybridized carbons (Fsp3) is 0.526. The number of fused-ring (bicyclic) bond motifs is 1. The van der Waals surface area contributed by atoms with Gasteiger partial charge in [-0.05, 0) is 36.3 Å². The second-order valence-corrected chi connectivity index (χ2v) is 8.75. The Morgan fingerprint density at radius 3 is 2.89 bits per heavy atom. The normalized spacial score (nSPS) is 13.9. The van der Waals surface area contributed by atoms with E-state index in [1.165, 1.54) is 10.4 Å². The first-order valence-electron chi connectivity index (χ1n) is 9.36. The van der Waals surface area contributed by atoms with Gasteiger partial charge in [0.15, 0.2) is 5.96 Å². The average Bonchev–Trinajstić information content (AvgIpc) is 3.32. The van der Waals surface area contributed by atoms with Gasteiger partial charge in [0.1, 0.15) is 11.6 Å². The lowest BCUT2D eigenvalue weighted by Crippen LogP contribution is -2.40. The number of carbonyl (C=O) groups is 1. The van der Waals surface area contributed by atoms with Gasteiger partial charge >= 0.3 is 0 Å². The maximum atomic E-state index is 12.5. The minimum absolute atomic E-state index is 0. The van der Waals surface area contributed by atoms with Crippen molar-refractivity contribution in [2.45, 2.75) is 46.2 Å². The van der Waals surface area contributed by atoms with Crippen LogP contribution >= 0.6 is 46.7 Å². The lowest BCUT2D eigenvalue weighted by Gasteiger charge is -2.26. The molecule has 3 heterocycles. The second-order valence-electron chi connectivity index (χ2n) is 6.80. The first-order valence-corrected chi connectivity index (χ1v) is 11.1. The Hall–Kier alpha value is -1.20. The molecule has 0 bridgehead atoms. The van der Waals surface area contributed by atoms with Crippen molar-refractivity contribution in [2.75, 3.05) is 19.6 Å². The molecule has 2 aromatic rings. The van der Waals surface area contributed by atoms with Gasteiger partial charge in [-0.2, -0.15) is 0 Å². The number of thiophene rings is 1. The number of carbonyl (C=O) groups excluding carboxylic acids is 1. The Morgan fingerprint density at radius 1 is 1.36 bits per heavy atom. The van der Waals surface area contributed by atoms with Crippen LogP contribution in [-0.2, 0) is 24.3 Å². The highest BCUT2D eigenvalue weighted by molar-refractivity contribution is 14.0. The molecule has 0 atom stereocenters. The minimum Gasteiger partial charge on any atom is -0.357 e. The largest absolute Gasteiger partial charge is 0.357 e. The van der Waals surface area contributed by atoms with Crippen LogP contribution in [0.3, 0.4) is 0 Å². The van der Waals surface area contributed by atoms with Gasteiger partial charge < -0.3 is 15.5 Å². The zero-order valence-electron chi connectivity index (χ0n) is 16.5. The lowest BCUT2D eigenvalue weighted by molar-refractivity contribution is -0.130. The van der Waals surface area contributed by atoms with Gasteiger partial charge in [-0.25, -0.2) is 9.98 Å². The van der Waals surface area contributed by atoms with E-state index >= 15 is 0 Å². The summed E-state index contributed by atoms with van der Waals surface area (Å²) in [6, 6.07) is 2.12. The highest BCUT2D eigenvalue weighted by Crippen LogP contribution is 2.24. The fourth-order valence-electron chi connectivity index (χ4n) is 2.88. The molecule has 0 spiro atoms. The summed E-state index contributed by atoms with van der Waals surface area (Å²) in [6.45, 7) is 9.30. The van der Waals surface area contributed by atoms with Gasteiger partial charge in [-0.1, -0.05) is 13.8 Å². The van der Waals surface area contributed by atoms with Crippen molar-refractivity contribution in [1.82, 2.24) is 20.5 Å². The van der Waals surface area contributed by atoms with Crippen molar-refractivity contribution in [2.24, 2.45) is 4.99 Å². The van der Waals surface area contributed by atoms with Crippen LogP contribution < -0.4 is 10.6 Å². The smallest absolute Gasteiger partial charge is 0.244 e. The molecule has 2 aromatic heterocycles. The molecule has 1 aliphatic rings. The first-order chi connectivity index (χ1) is 13.1. The third kappa shape index (κ3) is 6.15. The maximum Gasteiger partial charge on any atom is 0.244 e. The Labute approximate surface area is 191 Å². The quantitative estimate of drug-likeness (QED) is 0.339. The molecule has 9 heteroatoms. The van der Waals surface area contributed by atoms with E-state index in [-0.39, 0.29) is 36.4 Å². The number of hydrogen-bond donors (Lipinski definition) is 2. The fourth-order valence-corrected chi connectivity index (χ4v) is 4.67. The number of nitrogens with zero attached hydrogens (tertiary/aromatic N) is 3. The lowest BCUT2D eigenvalue weighted by atomic mass is 10.1. The van der Waals surface area contributed by atoms with Gasteiger partial charge in [0.2, 0.25) is 5.91 Å². The second kappa shape index (κ2) is 11.1. The van der Waals surface area contributed by atoms with Crippen molar-refractivity contribution in [1.29, 1.82) is 0 Å². The molecule has 1 amide bonds. The maximum absolute atomic E-state index is 12.5. The Balaban J connectivity index is 0.00000280. The van der Waals surface area contributed by atoms with Crippen molar-refractivity contribution in [3.05, 3.63) is 38.0 Å². The van der Waals surface area contributed by atoms with Crippen molar-refractivity contribution in [3.8, 4) is 0 Å². The monoisotopic (exact) mass is 533 g/mol. The predicted molar refractivity (Wildman–Crippen MR) is 128 cm³/mol. The topological polar surface area (TPSA) is 69.6 Å². The third-order valence-electron chi connectivity index (χ3n) is 4.45. The van der Waals surface area contributed by atoms with Crippen molar-refractivity contribution >= 4 is 58.5 Å². The Morgan fingerprint density at radius 2 is 2.18 bits per heavy atom. The van der Waals surface area contributed by atoms with Gasteiger partial charge in [0.05, 0.1) is 12.2 Å². The van der Waals surface area contributed by atoms with Crippen LogP contribution in [0.4, 0.5) is 0 Å². The van der Waals surface area contributed by atoms with Crippen LogP contribution in [0.15, 0.2) is 21.8 Å². The van der Waals surface area contributed by atoms with Gasteiger partial charge in [0.25, 0.3) is 0 Å². The molecule has 2 N–H and O–H groups in total. The summed E-state index contributed by atoms with van der Waals surface area (Å²) < 4.78 is 0. The Kier molecular flexibility index (Phi) is 9.16. The molecule has 0 unspecified atom stereocenters. The summed E-state index contributed by atoms with van der Waals surface area (Å²) >= 11 is 3.43. The molecule has 0 radical (unpaired) electrons. The van der Waals surface area contributed by atoms with E-state index in [4.69, 9.17) is 0 Å². The van der Waals surface area contributed by atoms with Crippen LogP contribution in [0.1, 0.15) is 47.8 Å². The van der Waals surface area contributed by atoms with Crippen LogP contribution in [-0.4, -0.2) is 41.4 Å². The average molecular weight is 534 g/mol. The van der Waals surface area contributed by atoms with E-state index in [0.717, 1.165) is 30.2 Å². The van der Waals surface area contributed by atoms with Crippen molar-refractivity contribution in [3.63, 3.8) is 0 Å². The molecule has 0 aromatic carbocycles. The molecular formula is C19H28IN5OS2. The van der Waals surface area contributed by atoms with E-state index < -0.39 is 0 Å². The summed E-state index contributed by atoms with van der Waals surface area (Å²) in [5, 5.41) is 11.7. The van der Waals surface area contributed by atoms with Crippen molar-refractivity contribution < 1.29 is 4.79 Å². The summed E-state index contributed by atoms with van der Waals surface area (Å²) in [7, 11) is 0. The highest BCUT2D eigenvalue weighted by Gasteiger charge is 2.21. The number of aromatic nitrogens is 1. The minimum atomic E-state index is 0. The molecule has 0 fully saturated rings. The molecule has 0 aliphatic carbocycles. The van der Waals surface area contributed by atoms with E-state index in [2.05, 4.69) is 51.3 Å². The summed E-state index contributed by atoms with van der Waals surface area (Å²) in [5.74, 6) is 1.16. The number of aliphatic imine (C=N–C) groups is 1. The van der Waals surface area contributed by atoms with E-state index in [1.807, 2.05) is 11.8 Å². The van der Waals surface area contributed by atoms with Crippen LogP contribution in [0, 0.1) is 0 Å².